The highest BCUT2D eigenvalue weighted by Crippen LogP contribution is 2.16. The smallest absolute Gasteiger partial charge is 0.240 e. The molecule has 1 rings (SSSR count). The molecular weight excluding hydrogens is 243 g/mol. The van der Waals surface area contributed by atoms with Crippen molar-refractivity contribution in [1.29, 1.82) is 0 Å². The lowest BCUT2D eigenvalue weighted by molar-refractivity contribution is -0.121. The number of hydrogen-bond acceptors (Lipinski definition) is 2. The summed E-state index contributed by atoms with van der Waals surface area (Å²) in [6.07, 6.45) is 3.37. The van der Waals surface area contributed by atoms with Crippen LogP contribution < -0.4 is 5.43 Å². The standard InChI is InChI=1S/C12H14ClFN2O/c1-2-3-7-12(17)16-15-8-9-10(13)5-4-6-11(9)14/h4-6,8H,2-3,7H2,1H3,(H,16,17)/b15-8+. The van der Waals surface area contributed by atoms with E-state index in [1.165, 1.54) is 18.3 Å². The molecule has 1 aromatic rings. The Morgan fingerprint density at radius 1 is 1.59 bits per heavy atom. The highest BCUT2D eigenvalue weighted by Gasteiger charge is 2.03. The van der Waals surface area contributed by atoms with Gasteiger partial charge in [-0.2, -0.15) is 5.10 Å². The van der Waals surface area contributed by atoms with Gasteiger partial charge >= 0.3 is 0 Å². The predicted octanol–water partition coefficient (Wildman–Crippen LogP) is 3.12. The molecule has 0 aliphatic carbocycles. The Bertz CT molecular complexity index is 401. The van der Waals surface area contributed by atoms with Gasteiger partial charge in [0.1, 0.15) is 5.82 Å². The van der Waals surface area contributed by atoms with Gasteiger partial charge in [0, 0.05) is 12.0 Å². The fourth-order valence-electron chi connectivity index (χ4n) is 1.20. The Morgan fingerprint density at radius 2 is 2.35 bits per heavy atom. The molecule has 0 atom stereocenters. The van der Waals surface area contributed by atoms with Gasteiger partial charge < -0.3 is 0 Å². The van der Waals surface area contributed by atoms with Gasteiger partial charge in [0.2, 0.25) is 5.91 Å². The second-order valence-electron chi connectivity index (χ2n) is 3.53. The minimum absolute atomic E-state index is 0.171. The average Bonchev–Trinajstić information content (AvgIpc) is 2.30. The maximum atomic E-state index is 13.3. The molecule has 0 bridgehead atoms. The number of unbranched alkanes of at least 4 members (excludes halogenated alkanes) is 1. The molecule has 1 N–H and O–H groups in total. The quantitative estimate of drug-likeness (QED) is 0.638. The normalized spacial score (nSPS) is 10.8. The first kappa shape index (κ1) is 13.6. The van der Waals surface area contributed by atoms with Crippen molar-refractivity contribution in [2.75, 3.05) is 0 Å². The number of nitrogens with zero attached hydrogens (tertiary/aromatic N) is 1. The zero-order valence-corrected chi connectivity index (χ0v) is 10.3. The maximum absolute atomic E-state index is 13.3. The van der Waals surface area contributed by atoms with E-state index in [0.29, 0.717) is 6.42 Å². The molecule has 0 aliphatic heterocycles. The fraction of sp³-hybridized carbons (Fsp3) is 0.333. The predicted molar refractivity (Wildman–Crippen MR) is 66.7 cm³/mol. The van der Waals surface area contributed by atoms with Crippen LogP contribution in [0.5, 0.6) is 0 Å². The summed E-state index contributed by atoms with van der Waals surface area (Å²) >= 11 is 5.78. The van der Waals surface area contributed by atoms with Gasteiger partial charge in [0.15, 0.2) is 0 Å². The number of hydrogen-bond donors (Lipinski definition) is 1. The molecule has 17 heavy (non-hydrogen) atoms. The third kappa shape index (κ3) is 4.53. The van der Waals surface area contributed by atoms with E-state index in [-0.39, 0.29) is 16.5 Å². The summed E-state index contributed by atoms with van der Waals surface area (Å²) in [4.78, 5) is 11.2. The van der Waals surface area contributed by atoms with Crippen LogP contribution in [0.15, 0.2) is 23.3 Å². The number of benzene rings is 1. The van der Waals surface area contributed by atoms with E-state index in [0.717, 1.165) is 12.8 Å². The second kappa shape index (κ2) is 7.01. The zero-order valence-electron chi connectivity index (χ0n) is 9.54. The van der Waals surface area contributed by atoms with Crippen molar-refractivity contribution < 1.29 is 9.18 Å². The molecule has 0 fully saturated rings. The summed E-state index contributed by atoms with van der Waals surface area (Å²) in [5.41, 5.74) is 2.50. The molecule has 0 spiro atoms. The fourth-order valence-corrected chi connectivity index (χ4v) is 1.41. The van der Waals surface area contributed by atoms with Gasteiger partial charge in [-0.05, 0) is 18.6 Å². The third-order valence-electron chi connectivity index (χ3n) is 2.14. The van der Waals surface area contributed by atoms with Crippen molar-refractivity contribution in [3.8, 4) is 0 Å². The first-order chi connectivity index (χ1) is 8.15. The largest absolute Gasteiger partial charge is 0.273 e. The summed E-state index contributed by atoms with van der Waals surface area (Å²) in [5, 5.41) is 3.93. The average molecular weight is 257 g/mol. The molecular formula is C12H14ClFN2O. The zero-order chi connectivity index (χ0) is 12.7. The Labute approximate surface area is 105 Å². The van der Waals surface area contributed by atoms with Gasteiger partial charge in [0.05, 0.1) is 11.2 Å². The van der Waals surface area contributed by atoms with Crippen LogP contribution in [0.4, 0.5) is 4.39 Å². The maximum Gasteiger partial charge on any atom is 0.240 e. The summed E-state index contributed by atoms with van der Waals surface area (Å²) in [6.45, 7) is 2.00. The lowest BCUT2D eigenvalue weighted by Gasteiger charge is -2.00. The molecule has 1 amide bonds. The van der Waals surface area contributed by atoms with Crippen molar-refractivity contribution in [2.24, 2.45) is 5.10 Å². The molecule has 0 radical (unpaired) electrons. The second-order valence-corrected chi connectivity index (χ2v) is 3.94. The van der Waals surface area contributed by atoms with Crippen molar-refractivity contribution >= 4 is 23.7 Å². The first-order valence-electron chi connectivity index (χ1n) is 5.41. The Hall–Kier alpha value is -1.42. The van der Waals surface area contributed by atoms with Crippen LogP contribution in [0.1, 0.15) is 31.7 Å². The number of nitrogens with one attached hydrogen (secondary N) is 1. The molecule has 92 valence electrons. The van der Waals surface area contributed by atoms with Crippen LogP contribution in [0.3, 0.4) is 0 Å². The lowest BCUT2D eigenvalue weighted by atomic mass is 10.2. The van der Waals surface area contributed by atoms with Crippen LogP contribution >= 0.6 is 11.6 Å². The summed E-state index contributed by atoms with van der Waals surface area (Å²) in [6, 6.07) is 4.35. The molecule has 1 aromatic carbocycles. The van der Waals surface area contributed by atoms with E-state index >= 15 is 0 Å². The highest BCUT2D eigenvalue weighted by atomic mass is 35.5. The van der Waals surface area contributed by atoms with Crippen molar-refractivity contribution in [1.82, 2.24) is 5.43 Å². The van der Waals surface area contributed by atoms with Gasteiger partial charge in [-0.1, -0.05) is 31.0 Å². The summed E-state index contributed by atoms with van der Waals surface area (Å²) < 4.78 is 13.3. The molecule has 0 saturated heterocycles. The molecule has 5 heteroatoms. The van der Waals surface area contributed by atoms with E-state index in [4.69, 9.17) is 11.6 Å². The van der Waals surface area contributed by atoms with Crippen LogP contribution in [0.2, 0.25) is 5.02 Å². The number of amides is 1. The topological polar surface area (TPSA) is 41.5 Å². The summed E-state index contributed by atoms with van der Waals surface area (Å²) in [5.74, 6) is -0.653. The molecule has 0 saturated carbocycles. The SMILES string of the molecule is CCCCC(=O)N/N=C/c1c(F)cccc1Cl. The third-order valence-corrected chi connectivity index (χ3v) is 2.47. The van der Waals surface area contributed by atoms with Gasteiger partial charge in [-0.15, -0.1) is 0 Å². The van der Waals surface area contributed by atoms with Crippen molar-refractivity contribution in [3.63, 3.8) is 0 Å². The monoisotopic (exact) mass is 256 g/mol. The Balaban J connectivity index is 2.56. The van der Waals surface area contributed by atoms with E-state index in [2.05, 4.69) is 10.5 Å². The van der Waals surface area contributed by atoms with Gasteiger partial charge in [-0.25, -0.2) is 9.82 Å². The highest BCUT2D eigenvalue weighted by molar-refractivity contribution is 6.33. The number of carbonyl (C=O) groups is 1. The number of hydrazone groups is 1. The minimum Gasteiger partial charge on any atom is -0.273 e. The molecule has 0 aliphatic rings. The molecule has 0 heterocycles. The lowest BCUT2D eigenvalue weighted by Crippen LogP contribution is -2.16. The number of halogens is 2. The van der Waals surface area contributed by atoms with Gasteiger partial charge in [-0.3, -0.25) is 4.79 Å². The van der Waals surface area contributed by atoms with Crippen LogP contribution in [-0.4, -0.2) is 12.1 Å². The molecule has 3 nitrogen and oxygen atoms in total. The van der Waals surface area contributed by atoms with E-state index in [1.54, 1.807) is 6.07 Å². The first-order valence-corrected chi connectivity index (χ1v) is 5.79. The summed E-state index contributed by atoms with van der Waals surface area (Å²) in [7, 11) is 0. The van der Waals surface area contributed by atoms with Gasteiger partial charge in [0.25, 0.3) is 0 Å². The van der Waals surface area contributed by atoms with E-state index < -0.39 is 5.82 Å². The van der Waals surface area contributed by atoms with Crippen LogP contribution in [-0.2, 0) is 4.79 Å². The van der Waals surface area contributed by atoms with E-state index in [1.807, 2.05) is 6.92 Å². The van der Waals surface area contributed by atoms with Crippen LogP contribution in [0.25, 0.3) is 0 Å². The Morgan fingerprint density at radius 3 is 3.00 bits per heavy atom. The molecule has 0 unspecified atom stereocenters. The number of rotatable bonds is 5. The molecule has 0 aromatic heterocycles. The minimum atomic E-state index is -0.468. The van der Waals surface area contributed by atoms with Crippen molar-refractivity contribution in [3.05, 3.63) is 34.6 Å². The van der Waals surface area contributed by atoms with E-state index in [9.17, 15) is 9.18 Å². The van der Waals surface area contributed by atoms with Crippen molar-refractivity contribution in [2.45, 2.75) is 26.2 Å². The number of carbonyl (C=O) groups excluding carboxylic acids is 1. The van der Waals surface area contributed by atoms with Crippen LogP contribution in [0, 0.1) is 5.82 Å². The Kier molecular flexibility index (Phi) is 5.63.